The van der Waals surface area contributed by atoms with Crippen LogP contribution in [0.3, 0.4) is 0 Å². The molecule has 0 aromatic carbocycles. The lowest BCUT2D eigenvalue weighted by molar-refractivity contribution is 0.679. The maximum absolute atomic E-state index is 4.39. The van der Waals surface area contributed by atoms with Crippen molar-refractivity contribution in [2.75, 3.05) is 16.9 Å². The fourth-order valence-electron chi connectivity index (χ4n) is 1.82. The summed E-state index contributed by atoms with van der Waals surface area (Å²) in [6.45, 7) is 10.2. The summed E-state index contributed by atoms with van der Waals surface area (Å²) in [7, 11) is 0. The second kappa shape index (κ2) is 5.03. The molecule has 1 aromatic heterocycles. The van der Waals surface area contributed by atoms with E-state index >= 15 is 0 Å². The van der Waals surface area contributed by atoms with Gasteiger partial charge in [-0.25, -0.2) is 5.01 Å². The minimum absolute atomic E-state index is 0.221. The quantitative estimate of drug-likeness (QED) is 0.783. The molecule has 2 heterocycles. The van der Waals surface area contributed by atoms with Gasteiger partial charge in [-0.15, -0.1) is 6.58 Å². The number of hydrogen-bond acceptors (Lipinski definition) is 6. The maximum atomic E-state index is 4.39. The SMILES string of the molecule is C=CCNc1nc(C)nc(N2NC(C)=CC2C)n1. The molecular weight excluding hydrogens is 228 g/mol. The summed E-state index contributed by atoms with van der Waals surface area (Å²) < 4.78 is 0. The van der Waals surface area contributed by atoms with Gasteiger partial charge < -0.3 is 5.32 Å². The lowest BCUT2D eigenvalue weighted by atomic mass is 10.3. The molecule has 18 heavy (non-hydrogen) atoms. The van der Waals surface area contributed by atoms with E-state index in [1.807, 2.05) is 18.9 Å². The molecule has 1 atom stereocenters. The van der Waals surface area contributed by atoms with Gasteiger partial charge in [0.1, 0.15) is 5.82 Å². The topological polar surface area (TPSA) is 66.0 Å². The van der Waals surface area contributed by atoms with E-state index < -0.39 is 0 Å². The van der Waals surface area contributed by atoms with Crippen LogP contribution in [0.15, 0.2) is 24.4 Å². The van der Waals surface area contributed by atoms with Gasteiger partial charge in [0.25, 0.3) is 0 Å². The van der Waals surface area contributed by atoms with E-state index in [2.05, 4.69) is 45.3 Å². The second-order valence-electron chi connectivity index (χ2n) is 4.25. The van der Waals surface area contributed by atoms with Crippen molar-refractivity contribution < 1.29 is 0 Å². The van der Waals surface area contributed by atoms with E-state index in [1.165, 1.54) is 0 Å². The predicted octanol–water partition coefficient (Wildman–Crippen LogP) is 1.39. The first-order valence-corrected chi connectivity index (χ1v) is 5.92. The Labute approximate surface area is 107 Å². The zero-order valence-corrected chi connectivity index (χ0v) is 10.9. The van der Waals surface area contributed by atoms with Crippen molar-refractivity contribution in [1.82, 2.24) is 20.4 Å². The van der Waals surface area contributed by atoms with Crippen LogP contribution in [0.25, 0.3) is 0 Å². The zero-order chi connectivity index (χ0) is 13.1. The van der Waals surface area contributed by atoms with Crippen molar-refractivity contribution in [3.63, 3.8) is 0 Å². The number of nitrogens with zero attached hydrogens (tertiary/aromatic N) is 4. The molecule has 1 unspecified atom stereocenters. The average Bonchev–Trinajstić information content (AvgIpc) is 2.65. The van der Waals surface area contributed by atoms with E-state index in [0.29, 0.717) is 24.3 Å². The Morgan fingerprint density at radius 2 is 2.22 bits per heavy atom. The van der Waals surface area contributed by atoms with Crippen LogP contribution < -0.4 is 15.8 Å². The monoisotopic (exact) mass is 246 g/mol. The van der Waals surface area contributed by atoms with E-state index in [-0.39, 0.29) is 6.04 Å². The van der Waals surface area contributed by atoms with Gasteiger partial charge in [-0.05, 0) is 26.8 Å². The van der Waals surface area contributed by atoms with Crippen molar-refractivity contribution in [2.24, 2.45) is 0 Å². The minimum atomic E-state index is 0.221. The number of hydrazine groups is 1. The summed E-state index contributed by atoms with van der Waals surface area (Å²) in [6.07, 6.45) is 3.89. The second-order valence-corrected chi connectivity index (χ2v) is 4.25. The molecule has 0 spiro atoms. The molecule has 0 amide bonds. The highest BCUT2D eigenvalue weighted by atomic mass is 15.6. The van der Waals surface area contributed by atoms with Gasteiger partial charge >= 0.3 is 0 Å². The third kappa shape index (κ3) is 2.58. The highest BCUT2D eigenvalue weighted by Crippen LogP contribution is 2.17. The number of hydrogen-bond donors (Lipinski definition) is 2. The van der Waals surface area contributed by atoms with E-state index in [1.54, 1.807) is 6.08 Å². The normalized spacial score (nSPS) is 18.3. The summed E-state index contributed by atoms with van der Waals surface area (Å²) in [6, 6.07) is 0.221. The van der Waals surface area contributed by atoms with Crippen molar-refractivity contribution in [1.29, 1.82) is 0 Å². The largest absolute Gasteiger partial charge is 0.351 e. The zero-order valence-electron chi connectivity index (χ0n) is 10.9. The first-order chi connectivity index (χ1) is 8.60. The Hall–Kier alpha value is -2.11. The van der Waals surface area contributed by atoms with Crippen LogP contribution in [0.2, 0.25) is 0 Å². The minimum Gasteiger partial charge on any atom is -0.351 e. The number of aromatic nitrogens is 3. The van der Waals surface area contributed by atoms with Crippen molar-refractivity contribution in [3.8, 4) is 0 Å². The number of aryl methyl sites for hydroxylation is 1. The lowest BCUT2D eigenvalue weighted by Crippen LogP contribution is -2.38. The fraction of sp³-hybridized carbons (Fsp3) is 0.417. The number of rotatable bonds is 4. The molecule has 1 aliphatic rings. The average molecular weight is 246 g/mol. The molecule has 0 bridgehead atoms. The standard InChI is InChI=1S/C12H18N6/c1-5-6-13-11-14-10(4)15-12(16-11)18-9(3)7-8(2)17-18/h5,7,9,17H,1,6H2,2-4H3,(H,13,14,15,16). The number of nitrogens with one attached hydrogen (secondary N) is 2. The Bertz CT molecular complexity index is 481. The summed E-state index contributed by atoms with van der Waals surface area (Å²) in [5.41, 5.74) is 4.32. The molecule has 0 aliphatic carbocycles. The summed E-state index contributed by atoms with van der Waals surface area (Å²) in [5, 5.41) is 4.99. The molecule has 6 nitrogen and oxygen atoms in total. The molecule has 0 saturated carbocycles. The predicted molar refractivity (Wildman–Crippen MR) is 72.1 cm³/mol. The molecule has 6 heteroatoms. The van der Waals surface area contributed by atoms with Crippen molar-refractivity contribution in [3.05, 3.63) is 30.3 Å². The van der Waals surface area contributed by atoms with E-state index in [9.17, 15) is 0 Å². The third-order valence-corrected chi connectivity index (χ3v) is 2.55. The van der Waals surface area contributed by atoms with Gasteiger partial charge in [0.05, 0.1) is 6.04 Å². The summed E-state index contributed by atoms with van der Waals surface area (Å²) in [5.74, 6) is 1.87. The van der Waals surface area contributed by atoms with Crippen LogP contribution >= 0.6 is 0 Å². The molecule has 2 rings (SSSR count). The van der Waals surface area contributed by atoms with Crippen LogP contribution in [-0.4, -0.2) is 27.5 Å². The highest BCUT2D eigenvalue weighted by molar-refractivity contribution is 5.41. The maximum Gasteiger partial charge on any atom is 0.250 e. The van der Waals surface area contributed by atoms with Gasteiger partial charge in [-0.3, -0.25) is 5.43 Å². The first-order valence-electron chi connectivity index (χ1n) is 5.92. The van der Waals surface area contributed by atoms with Crippen molar-refractivity contribution in [2.45, 2.75) is 26.8 Å². The van der Waals surface area contributed by atoms with E-state index in [4.69, 9.17) is 0 Å². The molecule has 1 aliphatic heterocycles. The molecule has 2 N–H and O–H groups in total. The molecule has 0 fully saturated rings. The van der Waals surface area contributed by atoms with Gasteiger partial charge in [-0.1, -0.05) is 6.08 Å². The third-order valence-electron chi connectivity index (χ3n) is 2.55. The Kier molecular flexibility index (Phi) is 3.45. The lowest BCUT2D eigenvalue weighted by Gasteiger charge is -2.22. The van der Waals surface area contributed by atoms with Crippen LogP contribution in [0.4, 0.5) is 11.9 Å². The van der Waals surface area contributed by atoms with Crippen LogP contribution in [-0.2, 0) is 0 Å². The fourth-order valence-corrected chi connectivity index (χ4v) is 1.82. The van der Waals surface area contributed by atoms with Crippen LogP contribution in [0.5, 0.6) is 0 Å². The summed E-state index contributed by atoms with van der Waals surface area (Å²) in [4.78, 5) is 13.0. The molecule has 96 valence electrons. The van der Waals surface area contributed by atoms with Gasteiger partial charge in [0.2, 0.25) is 11.9 Å². The van der Waals surface area contributed by atoms with Crippen molar-refractivity contribution >= 4 is 11.9 Å². The van der Waals surface area contributed by atoms with Gasteiger partial charge in [0.15, 0.2) is 0 Å². The molecule has 0 saturated heterocycles. The Morgan fingerprint density at radius 1 is 1.44 bits per heavy atom. The molecule has 1 aromatic rings. The van der Waals surface area contributed by atoms with Crippen LogP contribution in [0, 0.1) is 6.92 Å². The van der Waals surface area contributed by atoms with Gasteiger partial charge in [-0.2, -0.15) is 15.0 Å². The number of anilines is 2. The summed E-state index contributed by atoms with van der Waals surface area (Å²) >= 11 is 0. The smallest absolute Gasteiger partial charge is 0.250 e. The Morgan fingerprint density at radius 3 is 2.83 bits per heavy atom. The highest BCUT2D eigenvalue weighted by Gasteiger charge is 2.22. The molecular formula is C12H18N6. The number of allylic oxidation sites excluding steroid dienone is 1. The van der Waals surface area contributed by atoms with Gasteiger partial charge in [0, 0.05) is 12.2 Å². The Balaban J connectivity index is 2.23. The first kappa shape index (κ1) is 12.3. The van der Waals surface area contributed by atoms with E-state index in [0.717, 1.165) is 5.70 Å². The molecule has 0 radical (unpaired) electrons. The van der Waals surface area contributed by atoms with Crippen LogP contribution in [0.1, 0.15) is 19.7 Å².